The molecule has 76 valence electrons. The highest BCUT2D eigenvalue weighted by Gasteiger charge is 2.62. The molecule has 1 aliphatic heterocycles. The van der Waals surface area contributed by atoms with Crippen LogP contribution in [0.5, 0.6) is 0 Å². The van der Waals surface area contributed by atoms with E-state index >= 15 is 0 Å². The van der Waals surface area contributed by atoms with Gasteiger partial charge in [0.15, 0.2) is 5.79 Å². The van der Waals surface area contributed by atoms with Crippen molar-refractivity contribution in [2.45, 2.75) is 18.6 Å². The summed E-state index contributed by atoms with van der Waals surface area (Å²) in [6, 6.07) is 0. The Bertz CT molecular complexity index is 296. The van der Waals surface area contributed by atoms with Crippen LogP contribution in [0.2, 0.25) is 0 Å². The van der Waals surface area contributed by atoms with E-state index in [1.165, 1.54) is 0 Å². The van der Waals surface area contributed by atoms with Gasteiger partial charge in [0.2, 0.25) is 0 Å². The minimum absolute atomic E-state index is 0.102. The van der Waals surface area contributed by atoms with Gasteiger partial charge in [-0.1, -0.05) is 0 Å². The lowest BCUT2D eigenvalue weighted by atomic mass is 9.66. The van der Waals surface area contributed by atoms with Crippen LogP contribution in [0.3, 0.4) is 0 Å². The molecule has 2 fully saturated rings. The van der Waals surface area contributed by atoms with Gasteiger partial charge < -0.3 is 9.47 Å². The van der Waals surface area contributed by atoms with E-state index in [4.69, 9.17) is 14.3 Å². The average Bonchev–Trinajstić information content (AvgIpc) is 1.94. The Morgan fingerprint density at radius 1 is 1.23 bits per heavy atom. The van der Waals surface area contributed by atoms with Gasteiger partial charge in [-0.3, -0.25) is 4.78 Å². The monoisotopic (exact) mass is 205 g/mol. The van der Waals surface area contributed by atoms with Gasteiger partial charge in [0.25, 0.3) is 0 Å². The van der Waals surface area contributed by atoms with Crippen molar-refractivity contribution < 1.29 is 13.7 Å². The van der Waals surface area contributed by atoms with E-state index in [0.717, 1.165) is 12.8 Å². The topological polar surface area (TPSA) is 59.4 Å². The maximum absolute atomic E-state index is 11.2. The molecular weight excluding hydrogens is 190 g/mol. The van der Waals surface area contributed by atoms with Gasteiger partial charge in [0.1, 0.15) is 0 Å². The Hall–Kier alpha value is -0.130. The van der Waals surface area contributed by atoms with Crippen LogP contribution in [0.25, 0.3) is 0 Å². The Morgan fingerprint density at radius 3 is 2.00 bits per heavy atom. The fourth-order valence-corrected chi connectivity index (χ4v) is 4.92. The highest BCUT2D eigenvalue weighted by molar-refractivity contribution is 7.93. The first-order chi connectivity index (χ1) is 5.95. The number of methoxy groups -OCH3 is 2. The fraction of sp³-hybridized carbons (Fsp3) is 1.00. The number of nitrogens with one attached hydrogen (secondary N) is 1. The molecule has 0 unspecified atom stereocenters. The second-order valence-corrected chi connectivity index (χ2v) is 6.47. The third kappa shape index (κ3) is 1.30. The van der Waals surface area contributed by atoms with Crippen molar-refractivity contribution >= 4 is 9.73 Å². The second kappa shape index (κ2) is 2.46. The summed E-state index contributed by atoms with van der Waals surface area (Å²) >= 11 is 0. The van der Waals surface area contributed by atoms with Gasteiger partial charge >= 0.3 is 0 Å². The molecule has 0 radical (unpaired) electrons. The average molecular weight is 205 g/mol. The molecule has 0 aromatic rings. The summed E-state index contributed by atoms with van der Waals surface area (Å²) < 4.78 is 29.1. The van der Waals surface area contributed by atoms with Gasteiger partial charge in [-0.2, -0.15) is 0 Å². The zero-order valence-corrected chi connectivity index (χ0v) is 8.78. The molecule has 0 aromatic carbocycles. The first kappa shape index (κ1) is 9.43. The van der Waals surface area contributed by atoms with Crippen LogP contribution < -0.4 is 0 Å². The van der Waals surface area contributed by atoms with Gasteiger partial charge in [-0.25, -0.2) is 4.21 Å². The quantitative estimate of drug-likeness (QED) is 0.679. The molecule has 1 saturated carbocycles. The van der Waals surface area contributed by atoms with Crippen LogP contribution >= 0.6 is 0 Å². The van der Waals surface area contributed by atoms with Crippen molar-refractivity contribution in [2.75, 3.05) is 25.7 Å². The molecule has 0 atom stereocenters. The summed E-state index contributed by atoms with van der Waals surface area (Å²) in [4.78, 5) is 0. The molecule has 1 saturated heterocycles. The SMILES string of the molecule is COC1(OC)CC2(C1)CS(=N)(=O)C2. The van der Waals surface area contributed by atoms with Crippen molar-refractivity contribution in [3.8, 4) is 0 Å². The number of ether oxygens (including phenoxy) is 2. The van der Waals surface area contributed by atoms with Crippen molar-refractivity contribution in [3.05, 3.63) is 0 Å². The third-order valence-electron chi connectivity index (χ3n) is 3.11. The van der Waals surface area contributed by atoms with Crippen LogP contribution in [-0.2, 0) is 19.2 Å². The lowest BCUT2D eigenvalue weighted by Gasteiger charge is -2.58. The summed E-state index contributed by atoms with van der Waals surface area (Å²) in [5.41, 5.74) is 0.102. The smallest absolute Gasteiger partial charge is 0.168 e. The van der Waals surface area contributed by atoms with Crippen LogP contribution in [0.15, 0.2) is 0 Å². The molecule has 13 heavy (non-hydrogen) atoms. The second-order valence-electron chi connectivity index (χ2n) is 4.27. The lowest BCUT2D eigenvalue weighted by molar-refractivity contribution is -0.290. The van der Waals surface area contributed by atoms with Gasteiger partial charge in [-0.05, 0) is 0 Å². The van der Waals surface area contributed by atoms with E-state index in [2.05, 4.69) is 0 Å². The molecule has 1 spiro atoms. The van der Waals surface area contributed by atoms with Crippen LogP contribution in [0, 0.1) is 10.2 Å². The Morgan fingerprint density at radius 2 is 1.69 bits per heavy atom. The summed E-state index contributed by atoms with van der Waals surface area (Å²) in [7, 11) is 1.04. The van der Waals surface area contributed by atoms with E-state index in [0.29, 0.717) is 11.5 Å². The molecule has 1 aliphatic carbocycles. The Labute approximate surface area is 78.6 Å². The predicted molar refractivity (Wildman–Crippen MR) is 49.0 cm³/mol. The summed E-state index contributed by atoms with van der Waals surface area (Å²) in [6.45, 7) is 0. The van der Waals surface area contributed by atoms with Gasteiger partial charge in [0, 0.05) is 53.7 Å². The third-order valence-corrected chi connectivity index (χ3v) is 5.27. The van der Waals surface area contributed by atoms with Crippen LogP contribution in [0.1, 0.15) is 12.8 Å². The molecule has 0 amide bonds. The maximum atomic E-state index is 11.2. The highest BCUT2D eigenvalue weighted by Crippen LogP contribution is 2.57. The van der Waals surface area contributed by atoms with Crippen molar-refractivity contribution in [2.24, 2.45) is 5.41 Å². The molecule has 2 aliphatic rings. The van der Waals surface area contributed by atoms with Crippen molar-refractivity contribution in [1.82, 2.24) is 0 Å². The summed E-state index contributed by atoms with van der Waals surface area (Å²) in [5.74, 6) is 0.624. The molecule has 0 aromatic heterocycles. The maximum Gasteiger partial charge on any atom is 0.168 e. The minimum Gasteiger partial charge on any atom is -0.353 e. The summed E-state index contributed by atoms with van der Waals surface area (Å²) in [6.07, 6.45) is 1.59. The van der Waals surface area contributed by atoms with Crippen LogP contribution in [0.4, 0.5) is 0 Å². The largest absolute Gasteiger partial charge is 0.353 e. The van der Waals surface area contributed by atoms with E-state index < -0.39 is 15.5 Å². The Kier molecular flexibility index (Phi) is 1.78. The molecular formula is C8H15NO3S. The molecule has 2 rings (SSSR count). The van der Waals surface area contributed by atoms with E-state index in [1.54, 1.807) is 14.2 Å². The number of rotatable bonds is 2. The van der Waals surface area contributed by atoms with E-state index in [9.17, 15) is 4.21 Å². The molecule has 4 nitrogen and oxygen atoms in total. The van der Waals surface area contributed by atoms with Crippen LogP contribution in [-0.4, -0.2) is 35.7 Å². The van der Waals surface area contributed by atoms with Gasteiger partial charge in [0.05, 0.1) is 0 Å². The van der Waals surface area contributed by atoms with Crippen molar-refractivity contribution in [1.29, 1.82) is 4.78 Å². The predicted octanol–water partition coefficient (Wildman–Crippen LogP) is 0.816. The molecule has 5 heteroatoms. The molecule has 1 N–H and O–H groups in total. The first-order valence-electron chi connectivity index (χ1n) is 4.29. The number of hydrogen-bond donors (Lipinski definition) is 1. The standard InChI is InChI=1S/C8H15NO3S/c1-11-8(12-2)3-7(4-8)5-13(9,10)6-7/h9H,3-6H2,1-2H3. The normalized spacial score (nSPS) is 32.2. The molecule has 0 bridgehead atoms. The number of hydrogen-bond acceptors (Lipinski definition) is 4. The van der Waals surface area contributed by atoms with E-state index in [-0.39, 0.29) is 5.41 Å². The van der Waals surface area contributed by atoms with Crippen molar-refractivity contribution in [3.63, 3.8) is 0 Å². The highest BCUT2D eigenvalue weighted by atomic mass is 32.2. The van der Waals surface area contributed by atoms with E-state index in [1.807, 2.05) is 0 Å². The lowest BCUT2D eigenvalue weighted by Crippen LogP contribution is -2.64. The zero-order valence-electron chi connectivity index (χ0n) is 7.96. The molecule has 1 heterocycles. The minimum atomic E-state index is -2.23. The van der Waals surface area contributed by atoms with Gasteiger partial charge in [-0.15, -0.1) is 0 Å². The summed E-state index contributed by atoms with van der Waals surface area (Å²) in [5, 5.41) is 0. The fourth-order valence-electron chi connectivity index (χ4n) is 2.61. The first-order valence-corrected chi connectivity index (χ1v) is 6.19. The Balaban J connectivity index is 1.99. The zero-order chi connectivity index (χ0) is 9.74.